The topological polar surface area (TPSA) is 127 Å². The average Bonchev–Trinajstić information content (AvgIpc) is 2.82. The van der Waals surface area contributed by atoms with Gasteiger partial charge in [0.25, 0.3) is 0 Å². The Hall–Kier alpha value is -2.45. The highest BCUT2D eigenvalue weighted by molar-refractivity contribution is 5.83. The van der Waals surface area contributed by atoms with E-state index in [1.807, 2.05) is 0 Å². The fraction of sp³-hybridized carbons (Fsp3) is 0.500. The molecule has 104 valence electrons. The van der Waals surface area contributed by atoms with Gasteiger partial charge < -0.3 is 10.4 Å². The molecule has 1 amide bonds. The molecular weight excluding hydrogens is 256 g/mol. The van der Waals surface area contributed by atoms with Crippen LogP contribution >= 0.6 is 0 Å². The fourth-order valence-corrected chi connectivity index (χ4v) is 1.39. The molecule has 1 heterocycles. The number of nitrogens with one attached hydrogen (secondary N) is 1. The number of nitrogens with zero attached hydrogens (tertiary/aromatic N) is 3. The van der Waals surface area contributed by atoms with Crippen LogP contribution in [0.15, 0.2) is 12.4 Å². The zero-order valence-corrected chi connectivity index (χ0v) is 10.3. The molecule has 0 saturated carbocycles. The van der Waals surface area contributed by atoms with Crippen molar-refractivity contribution in [3.8, 4) is 0 Å². The van der Waals surface area contributed by atoms with Crippen molar-refractivity contribution in [1.29, 1.82) is 0 Å². The molecule has 0 spiro atoms. The number of carbonyl (C=O) groups is 2. The van der Waals surface area contributed by atoms with Crippen molar-refractivity contribution >= 4 is 17.6 Å². The highest BCUT2D eigenvalue weighted by Gasteiger charge is 2.17. The second-order valence-electron chi connectivity index (χ2n) is 3.84. The zero-order chi connectivity index (χ0) is 14.4. The number of aliphatic carboxylic acids is 1. The number of rotatable bonds is 7. The van der Waals surface area contributed by atoms with E-state index in [-0.39, 0.29) is 25.1 Å². The van der Waals surface area contributed by atoms with Gasteiger partial charge in [-0.25, -0.2) is 4.79 Å². The molecule has 0 aliphatic rings. The van der Waals surface area contributed by atoms with Gasteiger partial charge in [0.05, 0.1) is 4.92 Å². The van der Waals surface area contributed by atoms with Crippen molar-refractivity contribution < 1.29 is 19.6 Å². The number of aryl methyl sites for hydroxylation is 1. The van der Waals surface area contributed by atoms with E-state index in [1.165, 1.54) is 10.9 Å². The molecule has 1 unspecified atom stereocenters. The van der Waals surface area contributed by atoms with E-state index in [2.05, 4.69) is 10.4 Å². The van der Waals surface area contributed by atoms with E-state index in [4.69, 9.17) is 5.11 Å². The second kappa shape index (κ2) is 6.47. The number of aromatic nitrogens is 2. The van der Waals surface area contributed by atoms with Crippen LogP contribution in [0.25, 0.3) is 0 Å². The quantitative estimate of drug-likeness (QED) is 0.536. The van der Waals surface area contributed by atoms with E-state index < -0.39 is 22.8 Å². The summed E-state index contributed by atoms with van der Waals surface area (Å²) in [6, 6.07) is -0.917. The summed E-state index contributed by atoms with van der Waals surface area (Å²) in [6.07, 6.45) is 2.59. The van der Waals surface area contributed by atoms with Gasteiger partial charge in [0.2, 0.25) is 5.91 Å². The van der Waals surface area contributed by atoms with Crippen molar-refractivity contribution in [3.05, 3.63) is 22.5 Å². The summed E-state index contributed by atoms with van der Waals surface area (Å²) >= 11 is 0. The molecular formula is C10H14N4O5. The van der Waals surface area contributed by atoms with E-state index in [0.29, 0.717) is 0 Å². The Balaban J connectivity index is 2.45. The van der Waals surface area contributed by atoms with E-state index >= 15 is 0 Å². The Bertz CT molecular complexity index is 484. The molecule has 1 rings (SSSR count). The van der Waals surface area contributed by atoms with E-state index in [1.54, 1.807) is 6.92 Å². The first-order chi connectivity index (χ1) is 8.93. The smallest absolute Gasteiger partial charge is 0.326 e. The molecule has 19 heavy (non-hydrogen) atoms. The van der Waals surface area contributed by atoms with Crippen LogP contribution in [0.3, 0.4) is 0 Å². The number of nitro groups is 1. The average molecular weight is 270 g/mol. The zero-order valence-electron chi connectivity index (χ0n) is 10.3. The largest absolute Gasteiger partial charge is 0.480 e. The number of amides is 1. The van der Waals surface area contributed by atoms with Crippen LogP contribution < -0.4 is 5.32 Å². The predicted octanol–water partition coefficient (Wildman–Crippen LogP) is 0.161. The first-order valence-electron chi connectivity index (χ1n) is 5.63. The van der Waals surface area contributed by atoms with Crippen LogP contribution in [-0.2, 0) is 16.1 Å². The lowest BCUT2D eigenvalue weighted by Gasteiger charge is -2.11. The van der Waals surface area contributed by atoms with Crippen molar-refractivity contribution in [2.45, 2.75) is 32.4 Å². The summed E-state index contributed by atoms with van der Waals surface area (Å²) in [7, 11) is 0. The van der Waals surface area contributed by atoms with Crippen molar-refractivity contribution in [3.63, 3.8) is 0 Å². The third-order valence-corrected chi connectivity index (χ3v) is 2.44. The molecule has 0 radical (unpaired) electrons. The maximum absolute atomic E-state index is 11.5. The molecule has 9 heteroatoms. The molecule has 0 fully saturated rings. The van der Waals surface area contributed by atoms with Gasteiger partial charge in [-0.1, -0.05) is 6.92 Å². The monoisotopic (exact) mass is 270 g/mol. The maximum atomic E-state index is 11.5. The van der Waals surface area contributed by atoms with Gasteiger partial charge in [0, 0.05) is 13.0 Å². The normalized spacial score (nSPS) is 11.8. The minimum Gasteiger partial charge on any atom is -0.480 e. The van der Waals surface area contributed by atoms with Crippen LogP contribution in [0.2, 0.25) is 0 Å². The minimum absolute atomic E-state index is 0.00259. The lowest BCUT2D eigenvalue weighted by Crippen LogP contribution is -2.40. The van der Waals surface area contributed by atoms with Crippen LogP contribution in [0.1, 0.15) is 19.8 Å². The first kappa shape index (κ1) is 14.6. The summed E-state index contributed by atoms with van der Waals surface area (Å²) in [6.45, 7) is 1.80. The summed E-state index contributed by atoms with van der Waals surface area (Å²) in [4.78, 5) is 32.0. The third-order valence-electron chi connectivity index (χ3n) is 2.44. The van der Waals surface area contributed by atoms with Gasteiger partial charge in [0.15, 0.2) is 0 Å². The lowest BCUT2D eigenvalue weighted by molar-refractivity contribution is -0.385. The number of carboxylic acids is 1. The Labute approximate surface area is 108 Å². The maximum Gasteiger partial charge on any atom is 0.326 e. The fourth-order valence-electron chi connectivity index (χ4n) is 1.39. The molecule has 0 aromatic carbocycles. The summed E-state index contributed by atoms with van der Waals surface area (Å²) in [5.41, 5.74) is -0.155. The van der Waals surface area contributed by atoms with E-state index in [0.717, 1.165) is 6.20 Å². The van der Waals surface area contributed by atoms with Crippen LogP contribution in [-0.4, -0.2) is 37.7 Å². The summed E-state index contributed by atoms with van der Waals surface area (Å²) in [5, 5.41) is 25.3. The first-order valence-corrected chi connectivity index (χ1v) is 5.63. The Morgan fingerprint density at radius 2 is 2.32 bits per heavy atom. The number of carbonyl (C=O) groups excluding carboxylic acids is 1. The van der Waals surface area contributed by atoms with Gasteiger partial charge in [-0.3, -0.25) is 19.6 Å². The molecule has 0 aliphatic carbocycles. The van der Waals surface area contributed by atoms with Gasteiger partial charge in [-0.05, 0) is 6.42 Å². The lowest BCUT2D eigenvalue weighted by atomic mass is 10.2. The van der Waals surface area contributed by atoms with Crippen LogP contribution in [0, 0.1) is 10.1 Å². The van der Waals surface area contributed by atoms with Gasteiger partial charge in [-0.15, -0.1) is 0 Å². The van der Waals surface area contributed by atoms with Crippen LogP contribution in [0.4, 0.5) is 5.69 Å². The van der Waals surface area contributed by atoms with Crippen LogP contribution in [0.5, 0.6) is 0 Å². The van der Waals surface area contributed by atoms with Crippen molar-refractivity contribution in [2.24, 2.45) is 0 Å². The number of carboxylic acid groups (broad SMARTS) is 1. The summed E-state index contributed by atoms with van der Waals surface area (Å²) in [5.74, 6) is -1.53. The molecule has 1 aromatic rings. The van der Waals surface area contributed by atoms with E-state index in [9.17, 15) is 19.7 Å². The summed E-state index contributed by atoms with van der Waals surface area (Å²) < 4.78 is 1.26. The SMILES string of the molecule is CCC(NC(=O)CCn1cc([N+](=O)[O-])cn1)C(=O)O. The number of hydrogen-bond acceptors (Lipinski definition) is 5. The highest BCUT2D eigenvalue weighted by atomic mass is 16.6. The highest BCUT2D eigenvalue weighted by Crippen LogP contribution is 2.07. The molecule has 0 aliphatic heterocycles. The van der Waals surface area contributed by atoms with Crippen molar-refractivity contribution in [2.75, 3.05) is 0 Å². The Morgan fingerprint density at radius 3 is 2.79 bits per heavy atom. The predicted molar refractivity (Wildman–Crippen MR) is 63.4 cm³/mol. The molecule has 0 bridgehead atoms. The standard InChI is InChI=1S/C10H14N4O5/c1-2-8(10(16)17)12-9(15)3-4-13-6-7(5-11-13)14(18)19/h5-6,8H,2-4H2,1H3,(H,12,15)(H,16,17). The Morgan fingerprint density at radius 1 is 1.63 bits per heavy atom. The Kier molecular flexibility index (Phi) is 4.98. The molecule has 1 aromatic heterocycles. The van der Waals surface area contributed by atoms with Crippen molar-refractivity contribution in [1.82, 2.24) is 15.1 Å². The third kappa shape index (κ3) is 4.37. The minimum atomic E-state index is -1.09. The molecule has 1 atom stereocenters. The molecule has 0 saturated heterocycles. The molecule has 2 N–H and O–H groups in total. The van der Waals surface area contributed by atoms with Gasteiger partial charge >= 0.3 is 11.7 Å². The second-order valence-corrected chi connectivity index (χ2v) is 3.84. The molecule has 9 nitrogen and oxygen atoms in total. The van der Waals surface area contributed by atoms with Gasteiger partial charge in [0.1, 0.15) is 18.4 Å². The van der Waals surface area contributed by atoms with Gasteiger partial charge in [-0.2, -0.15) is 5.10 Å². The number of hydrogen-bond donors (Lipinski definition) is 2.